The van der Waals surface area contributed by atoms with Gasteiger partial charge in [0.25, 0.3) is 0 Å². The van der Waals surface area contributed by atoms with Crippen LogP contribution in [0.2, 0.25) is 0 Å². The Labute approximate surface area is 141 Å². The number of anilines is 1. The fraction of sp³-hybridized carbons (Fsp3) is 0.471. The summed E-state index contributed by atoms with van der Waals surface area (Å²) in [5.74, 6) is 2.32. The molecule has 128 valence electrons. The van der Waals surface area contributed by atoms with E-state index >= 15 is 0 Å². The standard InChI is InChI=1S/C17H22N4O3/c1-3-16-18-9-12(10-19-16)20-17(22)21-8-4-5-14(21)15-7-6-13(24-15)11-23-2/h6-7,9-10,14H,3-5,8,11H2,1-2H3,(H,20,22)/t14-/m1/s1. The predicted molar refractivity (Wildman–Crippen MR) is 88.5 cm³/mol. The zero-order valence-electron chi connectivity index (χ0n) is 14.0. The van der Waals surface area contributed by atoms with Crippen LogP contribution >= 0.6 is 0 Å². The number of nitrogens with zero attached hydrogens (tertiary/aromatic N) is 3. The lowest BCUT2D eigenvalue weighted by Gasteiger charge is -2.23. The number of aryl methyl sites for hydroxylation is 1. The Bertz CT molecular complexity index is 683. The maximum Gasteiger partial charge on any atom is 0.322 e. The number of rotatable bonds is 5. The van der Waals surface area contributed by atoms with Gasteiger partial charge in [0, 0.05) is 20.1 Å². The van der Waals surface area contributed by atoms with Crippen LogP contribution in [-0.2, 0) is 17.8 Å². The molecule has 0 spiro atoms. The van der Waals surface area contributed by atoms with E-state index in [1.54, 1.807) is 24.4 Å². The molecule has 0 aliphatic carbocycles. The van der Waals surface area contributed by atoms with E-state index in [4.69, 9.17) is 9.15 Å². The van der Waals surface area contributed by atoms with Gasteiger partial charge in [-0.1, -0.05) is 6.92 Å². The van der Waals surface area contributed by atoms with E-state index in [0.717, 1.165) is 36.6 Å². The average Bonchev–Trinajstić information content (AvgIpc) is 3.24. The molecule has 1 saturated heterocycles. The lowest BCUT2D eigenvalue weighted by molar-refractivity contribution is 0.157. The number of aromatic nitrogens is 2. The highest BCUT2D eigenvalue weighted by Crippen LogP contribution is 2.33. The molecular weight excluding hydrogens is 308 g/mol. The SMILES string of the molecule is CCc1ncc(NC(=O)N2CCC[C@@H]2c2ccc(COC)o2)cn1. The normalized spacial score (nSPS) is 17.2. The molecule has 1 aliphatic rings. The highest BCUT2D eigenvalue weighted by atomic mass is 16.5. The summed E-state index contributed by atoms with van der Waals surface area (Å²) >= 11 is 0. The first kappa shape index (κ1) is 16.4. The number of nitrogens with one attached hydrogen (secondary N) is 1. The van der Waals surface area contributed by atoms with Crippen molar-refractivity contribution in [1.29, 1.82) is 0 Å². The summed E-state index contributed by atoms with van der Waals surface area (Å²) in [7, 11) is 1.63. The van der Waals surface area contributed by atoms with E-state index in [1.165, 1.54) is 0 Å². The minimum absolute atomic E-state index is 0.0496. The van der Waals surface area contributed by atoms with Gasteiger partial charge in [0.05, 0.1) is 24.1 Å². The van der Waals surface area contributed by atoms with E-state index in [-0.39, 0.29) is 12.1 Å². The Morgan fingerprint density at radius 3 is 2.92 bits per heavy atom. The van der Waals surface area contributed by atoms with Gasteiger partial charge in [-0.05, 0) is 25.0 Å². The molecule has 0 unspecified atom stereocenters. The zero-order valence-corrected chi connectivity index (χ0v) is 14.0. The van der Waals surface area contributed by atoms with E-state index in [2.05, 4.69) is 15.3 Å². The number of ether oxygens (including phenoxy) is 1. The molecule has 0 bridgehead atoms. The maximum atomic E-state index is 12.6. The number of hydrogen-bond donors (Lipinski definition) is 1. The smallest absolute Gasteiger partial charge is 0.322 e. The maximum absolute atomic E-state index is 12.6. The van der Waals surface area contributed by atoms with Crippen molar-refractivity contribution >= 4 is 11.7 Å². The number of carbonyl (C=O) groups excluding carboxylic acids is 1. The molecule has 24 heavy (non-hydrogen) atoms. The molecule has 7 nitrogen and oxygen atoms in total. The fourth-order valence-corrected chi connectivity index (χ4v) is 2.90. The summed E-state index contributed by atoms with van der Waals surface area (Å²) in [6.07, 6.45) is 5.88. The molecule has 1 atom stereocenters. The molecule has 2 aromatic rings. The van der Waals surface area contributed by atoms with Gasteiger partial charge in [-0.25, -0.2) is 14.8 Å². The number of carbonyl (C=O) groups is 1. The Morgan fingerprint density at radius 2 is 2.21 bits per heavy atom. The minimum Gasteiger partial charge on any atom is -0.461 e. The van der Waals surface area contributed by atoms with Gasteiger partial charge in [0.2, 0.25) is 0 Å². The van der Waals surface area contributed by atoms with Crippen molar-refractivity contribution < 1.29 is 13.9 Å². The third-order valence-electron chi connectivity index (χ3n) is 4.08. The third kappa shape index (κ3) is 3.56. The number of furan rings is 1. The first-order chi connectivity index (χ1) is 11.7. The summed E-state index contributed by atoms with van der Waals surface area (Å²) in [5.41, 5.74) is 0.599. The van der Waals surface area contributed by atoms with Crippen LogP contribution in [-0.4, -0.2) is 34.6 Å². The first-order valence-electron chi connectivity index (χ1n) is 8.17. The monoisotopic (exact) mass is 330 g/mol. The van der Waals surface area contributed by atoms with Crippen LogP contribution in [0.1, 0.15) is 43.2 Å². The van der Waals surface area contributed by atoms with Gasteiger partial charge in [-0.3, -0.25) is 0 Å². The van der Waals surface area contributed by atoms with Crippen LogP contribution in [0.3, 0.4) is 0 Å². The molecule has 7 heteroatoms. The third-order valence-corrected chi connectivity index (χ3v) is 4.08. The second-order valence-electron chi connectivity index (χ2n) is 5.76. The molecule has 2 aromatic heterocycles. The molecule has 1 fully saturated rings. The average molecular weight is 330 g/mol. The molecule has 2 amide bonds. The van der Waals surface area contributed by atoms with Crippen LogP contribution in [0.5, 0.6) is 0 Å². The number of methoxy groups -OCH3 is 1. The fourth-order valence-electron chi connectivity index (χ4n) is 2.90. The van der Waals surface area contributed by atoms with Crippen LogP contribution in [0.4, 0.5) is 10.5 Å². The molecule has 0 saturated carbocycles. The molecule has 1 N–H and O–H groups in total. The molecule has 3 rings (SSSR count). The number of hydrogen-bond acceptors (Lipinski definition) is 5. The Balaban J connectivity index is 1.68. The van der Waals surface area contributed by atoms with Gasteiger partial charge in [-0.15, -0.1) is 0 Å². The van der Waals surface area contributed by atoms with Crippen molar-refractivity contribution in [1.82, 2.24) is 14.9 Å². The lowest BCUT2D eigenvalue weighted by atomic mass is 10.2. The summed E-state index contributed by atoms with van der Waals surface area (Å²) in [6, 6.07) is 3.61. The van der Waals surface area contributed by atoms with Crippen LogP contribution in [0, 0.1) is 0 Å². The Morgan fingerprint density at radius 1 is 1.42 bits per heavy atom. The summed E-state index contributed by atoms with van der Waals surface area (Å²) in [4.78, 5) is 22.8. The number of likely N-dealkylation sites (tertiary alicyclic amines) is 1. The molecular formula is C17H22N4O3. The van der Waals surface area contributed by atoms with Crippen molar-refractivity contribution in [3.05, 3.63) is 41.9 Å². The second-order valence-corrected chi connectivity index (χ2v) is 5.76. The van der Waals surface area contributed by atoms with Crippen molar-refractivity contribution in [2.24, 2.45) is 0 Å². The van der Waals surface area contributed by atoms with Crippen LogP contribution < -0.4 is 5.32 Å². The Hall–Kier alpha value is -2.41. The summed E-state index contributed by atoms with van der Waals surface area (Å²) in [6.45, 7) is 3.12. The lowest BCUT2D eigenvalue weighted by Crippen LogP contribution is -2.34. The summed E-state index contributed by atoms with van der Waals surface area (Å²) < 4.78 is 10.9. The summed E-state index contributed by atoms with van der Waals surface area (Å²) in [5, 5.41) is 2.86. The van der Waals surface area contributed by atoms with Crippen molar-refractivity contribution in [2.75, 3.05) is 19.0 Å². The number of urea groups is 1. The molecule has 3 heterocycles. The first-order valence-corrected chi connectivity index (χ1v) is 8.17. The molecule has 1 aliphatic heterocycles. The largest absolute Gasteiger partial charge is 0.461 e. The van der Waals surface area contributed by atoms with E-state index in [1.807, 2.05) is 19.1 Å². The topological polar surface area (TPSA) is 80.5 Å². The van der Waals surface area contributed by atoms with Crippen molar-refractivity contribution in [3.63, 3.8) is 0 Å². The van der Waals surface area contributed by atoms with Gasteiger partial charge in [0.1, 0.15) is 24.0 Å². The van der Waals surface area contributed by atoms with E-state index in [9.17, 15) is 4.79 Å². The van der Waals surface area contributed by atoms with Gasteiger partial charge < -0.3 is 19.4 Å². The van der Waals surface area contributed by atoms with Crippen molar-refractivity contribution in [2.45, 2.75) is 38.8 Å². The van der Waals surface area contributed by atoms with Gasteiger partial charge in [-0.2, -0.15) is 0 Å². The highest BCUT2D eigenvalue weighted by Gasteiger charge is 2.32. The predicted octanol–water partition coefficient (Wildman–Crippen LogP) is 3.15. The zero-order chi connectivity index (χ0) is 16.9. The number of amides is 2. The van der Waals surface area contributed by atoms with Gasteiger partial charge in [0.15, 0.2) is 0 Å². The van der Waals surface area contributed by atoms with E-state index < -0.39 is 0 Å². The van der Waals surface area contributed by atoms with Gasteiger partial charge >= 0.3 is 6.03 Å². The minimum atomic E-state index is -0.157. The quantitative estimate of drug-likeness (QED) is 0.911. The van der Waals surface area contributed by atoms with Crippen LogP contribution in [0.15, 0.2) is 28.9 Å². The van der Waals surface area contributed by atoms with E-state index in [0.29, 0.717) is 18.8 Å². The van der Waals surface area contributed by atoms with Crippen molar-refractivity contribution in [3.8, 4) is 0 Å². The molecule has 0 radical (unpaired) electrons. The van der Waals surface area contributed by atoms with Crippen LogP contribution in [0.25, 0.3) is 0 Å². The highest BCUT2D eigenvalue weighted by molar-refractivity contribution is 5.89. The Kier molecular flexibility index (Phi) is 5.10. The second kappa shape index (κ2) is 7.44. The molecule has 0 aromatic carbocycles.